The maximum atomic E-state index is 12.3. The summed E-state index contributed by atoms with van der Waals surface area (Å²) in [6, 6.07) is 9.62. The summed E-state index contributed by atoms with van der Waals surface area (Å²) < 4.78 is 0. The topological polar surface area (TPSA) is 72.2 Å². The van der Waals surface area contributed by atoms with Crippen molar-refractivity contribution in [3.05, 3.63) is 58.0 Å². The monoisotopic (exact) mass is 354 g/mol. The Morgan fingerprint density at radius 3 is 2.48 bits per heavy atom. The number of benzene rings is 1. The summed E-state index contributed by atoms with van der Waals surface area (Å²) in [4.78, 5) is 25.4. The number of thiophene rings is 1. The first-order valence-electron chi connectivity index (χ1n) is 8.63. The minimum Gasteiger partial charge on any atom is -0.365 e. The Balaban J connectivity index is 1.81. The van der Waals surface area contributed by atoms with E-state index in [1.165, 1.54) is 35.1 Å². The summed E-state index contributed by atoms with van der Waals surface area (Å²) >= 11 is 1.50. The summed E-state index contributed by atoms with van der Waals surface area (Å²) in [6.45, 7) is 0. The number of amides is 2. The predicted octanol–water partition coefficient (Wildman–Crippen LogP) is 4.16. The fourth-order valence-electron chi connectivity index (χ4n) is 3.16. The van der Waals surface area contributed by atoms with Crippen LogP contribution in [0.3, 0.4) is 0 Å². The average molecular weight is 354 g/mol. The second-order valence-corrected chi connectivity index (χ2v) is 7.32. The Morgan fingerprint density at radius 2 is 1.76 bits per heavy atom. The van der Waals surface area contributed by atoms with E-state index in [1.807, 2.05) is 30.3 Å². The number of hydrogen-bond acceptors (Lipinski definition) is 3. The number of hydrogen-bond donors (Lipinski definition) is 2. The second kappa shape index (κ2) is 8.12. The highest BCUT2D eigenvalue weighted by Gasteiger charge is 2.23. The van der Waals surface area contributed by atoms with E-state index in [4.69, 9.17) is 5.73 Å². The molecule has 0 radical (unpaired) electrons. The molecule has 1 aliphatic carbocycles. The average Bonchev–Trinajstić information content (AvgIpc) is 2.90. The van der Waals surface area contributed by atoms with Gasteiger partial charge in [-0.05, 0) is 42.9 Å². The van der Waals surface area contributed by atoms with Gasteiger partial charge in [0.15, 0.2) is 0 Å². The van der Waals surface area contributed by atoms with Crippen molar-refractivity contribution in [3.8, 4) is 0 Å². The Morgan fingerprint density at radius 1 is 1.04 bits per heavy atom. The van der Waals surface area contributed by atoms with Gasteiger partial charge in [0.1, 0.15) is 5.00 Å². The molecule has 0 bridgehead atoms. The van der Waals surface area contributed by atoms with Gasteiger partial charge in [0.2, 0.25) is 5.91 Å². The zero-order valence-corrected chi connectivity index (χ0v) is 14.9. The molecule has 5 heteroatoms. The van der Waals surface area contributed by atoms with Gasteiger partial charge >= 0.3 is 0 Å². The number of fused-ring (bicyclic) bond motifs is 1. The van der Waals surface area contributed by atoms with Crippen molar-refractivity contribution < 1.29 is 9.59 Å². The van der Waals surface area contributed by atoms with Crippen molar-refractivity contribution in [2.24, 2.45) is 5.73 Å². The Kier molecular flexibility index (Phi) is 5.66. The molecule has 3 rings (SSSR count). The van der Waals surface area contributed by atoms with Crippen LogP contribution in [-0.4, -0.2) is 11.8 Å². The first-order chi connectivity index (χ1) is 12.1. The molecule has 130 valence electrons. The van der Waals surface area contributed by atoms with E-state index in [0.717, 1.165) is 36.8 Å². The normalized spacial score (nSPS) is 14.6. The van der Waals surface area contributed by atoms with Gasteiger partial charge in [0.05, 0.1) is 5.56 Å². The van der Waals surface area contributed by atoms with Crippen LogP contribution in [0.25, 0.3) is 6.08 Å². The van der Waals surface area contributed by atoms with Gasteiger partial charge in [0, 0.05) is 11.0 Å². The highest BCUT2D eigenvalue weighted by atomic mass is 32.1. The van der Waals surface area contributed by atoms with Crippen LogP contribution in [0.15, 0.2) is 36.4 Å². The Labute approximate surface area is 151 Å². The predicted molar refractivity (Wildman–Crippen MR) is 103 cm³/mol. The molecule has 0 aliphatic heterocycles. The van der Waals surface area contributed by atoms with Crippen molar-refractivity contribution in [2.45, 2.75) is 38.5 Å². The van der Waals surface area contributed by atoms with Crippen molar-refractivity contribution in [1.82, 2.24) is 0 Å². The van der Waals surface area contributed by atoms with Crippen LogP contribution in [0, 0.1) is 0 Å². The summed E-state index contributed by atoms with van der Waals surface area (Å²) in [7, 11) is 0. The third-order valence-corrected chi connectivity index (χ3v) is 5.59. The van der Waals surface area contributed by atoms with Crippen molar-refractivity contribution in [1.29, 1.82) is 0 Å². The van der Waals surface area contributed by atoms with Crippen LogP contribution < -0.4 is 11.1 Å². The summed E-state index contributed by atoms with van der Waals surface area (Å²) in [5.41, 5.74) is 8.11. The highest BCUT2D eigenvalue weighted by Crippen LogP contribution is 2.36. The number of primary amides is 1. The molecule has 0 fully saturated rings. The summed E-state index contributed by atoms with van der Waals surface area (Å²) in [6.07, 6.45) is 9.62. The first kappa shape index (κ1) is 17.4. The molecule has 0 saturated carbocycles. The Hall–Kier alpha value is -2.40. The van der Waals surface area contributed by atoms with Gasteiger partial charge in [-0.1, -0.05) is 43.2 Å². The van der Waals surface area contributed by atoms with E-state index in [-0.39, 0.29) is 5.91 Å². The Bertz CT molecular complexity index is 794. The molecule has 0 spiro atoms. The van der Waals surface area contributed by atoms with E-state index in [9.17, 15) is 9.59 Å². The van der Waals surface area contributed by atoms with Crippen LogP contribution >= 0.6 is 11.3 Å². The summed E-state index contributed by atoms with van der Waals surface area (Å²) in [5, 5.41) is 3.44. The fourth-order valence-corrected chi connectivity index (χ4v) is 4.46. The minimum atomic E-state index is -0.458. The molecule has 1 aromatic heterocycles. The maximum Gasteiger partial charge on any atom is 0.251 e. The molecule has 0 saturated heterocycles. The highest BCUT2D eigenvalue weighted by molar-refractivity contribution is 7.17. The molecular weight excluding hydrogens is 332 g/mol. The molecule has 4 nitrogen and oxygen atoms in total. The number of carbonyl (C=O) groups excluding carboxylic acids is 2. The van der Waals surface area contributed by atoms with E-state index < -0.39 is 5.91 Å². The molecule has 1 heterocycles. The second-order valence-electron chi connectivity index (χ2n) is 6.22. The number of carbonyl (C=O) groups is 2. The van der Waals surface area contributed by atoms with E-state index in [0.29, 0.717) is 10.6 Å². The minimum absolute atomic E-state index is 0.249. The van der Waals surface area contributed by atoms with Crippen molar-refractivity contribution in [3.63, 3.8) is 0 Å². The molecule has 25 heavy (non-hydrogen) atoms. The van der Waals surface area contributed by atoms with Gasteiger partial charge in [-0.25, -0.2) is 0 Å². The lowest BCUT2D eigenvalue weighted by molar-refractivity contribution is -0.111. The SMILES string of the molecule is NC(=O)c1c(NC(=O)C=Cc2ccccc2)sc2c1CCCCCC2. The van der Waals surface area contributed by atoms with E-state index in [1.54, 1.807) is 6.08 Å². The first-order valence-corrected chi connectivity index (χ1v) is 9.45. The summed E-state index contributed by atoms with van der Waals surface area (Å²) in [5.74, 6) is -0.707. The third-order valence-electron chi connectivity index (χ3n) is 4.38. The number of nitrogens with one attached hydrogen (secondary N) is 1. The van der Waals surface area contributed by atoms with Crippen LogP contribution in [0.2, 0.25) is 0 Å². The zero-order chi connectivity index (χ0) is 17.6. The number of rotatable bonds is 4. The fraction of sp³-hybridized carbons (Fsp3) is 0.300. The molecule has 1 aliphatic rings. The van der Waals surface area contributed by atoms with E-state index >= 15 is 0 Å². The molecular formula is C20H22N2O2S. The van der Waals surface area contributed by atoms with Gasteiger partial charge in [0.25, 0.3) is 5.91 Å². The quantitative estimate of drug-likeness (QED) is 0.809. The lowest BCUT2D eigenvalue weighted by atomic mass is 9.96. The molecule has 3 N–H and O–H groups in total. The van der Waals surface area contributed by atoms with Gasteiger partial charge < -0.3 is 11.1 Å². The van der Waals surface area contributed by atoms with E-state index in [2.05, 4.69) is 5.32 Å². The smallest absolute Gasteiger partial charge is 0.251 e. The standard InChI is InChI=1S/C20H22N2O2S/c21-19(24)18-15-10-6-1-2-7-11-16(15)25-20(18)22-17(23)13-12-14-8-4-3-5-9-14/h3-5,8-9,12-13H,1-2,6-7,10-11H2,(H2,21,24)(H,22,23). The number of aryl methyl sites for hydroxylation is 1. The van der Waals surface area contributed by atoms with Gasteiger partial charge in [-0.15, -0.1) is 11.3 Å². The largest absolute Gasteiger partial charge is 0.365 e. The van der Waals surface area contributed by atoms with Gasteiger partial charge in [-0.2, -0.15) is 0 Å². The molecule has 1 aromatic carbocycles. The molecule has 2 aromatic rings. The lowest BCUT2D eigenvalue weighted by Gasteiger charge is -2.10. The van der Waals surface area contributed by atoms with Crippen LogP contribution in [-0.2, 0) is 17.6 Å². The van der Waals surface area contributed by atoms with Crippen LogP contribution in [0.5, 0.6) is 0 Å². The number of nitrogens with two attached hydrogens (primary N) is 1. The van der Waals surface area contributed by atoms with Crippen molar-refractivity contribution >= 4 is 34.2 Å². The lowest BCUT2D eigenvalue weighted by Crippen LogP contribution is -2.17. The molecule has 0 atom stereocenters. The van der Waals surface area contributed by atoms with Crippen molar-refractivity contribution in [2.75, 3.05) is 5.32 Å². The molecule has 0 unspecified atom stereocenters. The number of anilines is 1. The van der Waals surface area contributed by atoms with Gasteiger partial charge in [-0.3, -0.25) is 9.59 Å². The third kappa shape index (κ3) is 4.37. The zero-order valence-electron chi connectivity index (χ0n) is 14.1. The van der Waals surface area contributed by atoms with Crippen LogP contribution in [0.4, 0.5) is 5.00 Å². The maximum absolute atomic E-state index is 12.3. The molecule has 2 amide bonds. The van der Waals surface area contributed by atoms with Crippen LogP contribution in [0.1, 0.15) is 52.0 Å².